The zero-order chi connectivity index (χ0) is 13.2. The lowest BCUT2D eigenvalue weighted by molar-refractivity contribution is 0.314. The summed E-state index contributed by atoms with van der Waals surface area (Å²) in [4.78, 5) is 1.27. The summed E-state index contributed by atoms with van der Waals surface area (Å²) in [5, 5.41) is 0.295. The molecule has 0 saturated heterocycles. The zero-order valence-corrected chi connectivity index (χ0v) is 10.9. The predicted octanol–water partition coefficient (Wildman–Crippen LogP) is 4.06. The van der Waals surface area contributed by atoms with Crippen molar-refractivity contribution in [1.29, 1.82) is 0 Å². The maximum atomic E-state index is 13.0. The number of thioether (sulfide) groups is 1. The second-order valence-electron chi connectivity index (χ2n) is 4.47. The van der Waals surface area contributed by atoms with Gasteiger partial charge >= 0.3 is 0 Å². The summed E-state index contributed by atoms with van der Waals surface area (Å²) in [7, 11) is 0. The van der Waals surface area contributed by atoms with Crippen LogP contribution in [0.3, 0.4) is 0 Å². The van der Waals surface area contributed by atoms with E-state index >= 15 is 0 Å². The third kappa shape index (κ3) is 2.89. The number of benzene rings is 2. The van der Waals surface area contributed by atoms with Gasteiger partial charge in [-0.1, -0.05) is 18.2 Å². The van der Waals surface area contributed by atoms with Crippen LogP contribution in [0.4, 0.5) is 8.78 Å². The van der Waals surface area contributed by atoms with Crippen LogP contribution in [0.25, 0.3) is 0 Å². The second kappa shape index (κ2) is 5.21. The van der Waals surface area contributed by atoms with Crippen LogP contribution in [-0.2, 0) is 6.42 Å². The van der Waals surface area contributed by atoms with E-state index in [-0.39, 0.29) is 5.75 Å². The molecule has 2 aromatic rings. The summed E-state index contributed by atoms with van der Waals surface area (Å²) in [5.74, 6) is -0.983. The van der Waals surface area contributed by atoms with Crippen LogP contribution in [0.15, 0.2) is 47.4 Å². The van der Waals surface area contributed by atoms with Crippen LogP contribution < -0.4 is 4.74 Å². The average Bonchev–Trinajstić information content (AvgIpc) is 2.78. The van der Waals surface area contributed by atoms with Crippen molar-refractivity contribution in [2.45, 2.75) is 16.6 Å². The van der Waals surface area contributed by atoms with Gasteiger partial charge in [0.05, 0.1) is 0 Å². The molecule has 0 spiro atoms. The van der Waals surface area contributed by atoms with Crippen molar-refractivity contribution in [3.8, 4) is 5.75 Å². The van der Waals surface area contributed by atoms with Crippen LogP contribution in [0.1, 0.15) is 5.56 Å². The lowest BCUT2D eigenvalue weighted by Gasteiger charge is -2.11. The van der Waals surface area contributed by atoms with Crippen molar-refractivity contribution >= 4 is 11.8 Å². The Hall–Kier alpha value is -1.55. The topological polar surface area (TPSA) is 9.23 Å². The first-order valence-electron chi connectivity index (χ1n) is 6.04. The number of halogens is 2. The van der Waals surface area contributed by atoms with Crippen molar-refractivity contribution in [1.82, 2.24) is 0 Å². The van der Waals surface area contributed by atoms with Gasteiger partial charge in [0.2, 0.25) is 0 Å². The third-order valence-corrected chi connectivity index (χ3v) is 4.27. The van der Waals surface area contributed by atoms with E-state index in [0.29, 0.717) is 11.9 Å². The summed E-state index contributed by atoms with van der Waals surface area (Å²) >= 11 is 1.75. The first-order chi connectivity index (χ1) is 9.20. The fourth-order valence-electron chi connectivity index (χ4n) is 2.15. The Kier molecular flexibility index (Phi) is 3.42. The molecular weight excluding hydrogens is 266 g/mol. The largest absolute Gasteiger partial charge is 0.492 e. The maximum absolute atomic E-state index is 13.0. The molecule has 1 aliphatic rings. The van der Waals surface area contributed by atoms with Gasteiger partial charge in [-0.2, -0.15) is 0 Å². The Balaban J connectivity index is 1.62. The molecule has 98 valence electrons. The fraction of sp³-hybridized carbons (Fsp3) is 0.200. The van der Waals surface area contributed by atoms with Crippen LogP contribution in [0.2, 0.25) is 0 Å². The monoisotopic (exact) mass is 278 g/mol. The molecule has 0 saturated carbocycles. The van der Waals surface area contributed by atoms with Gasteiger partial charge in [-0.3, -0.25) is 0 Å². The summed E-state index contributed by atoms with van der Waals surface area (Å²) in [6.45, 7) is 0.447. The molecule has 0 aliphatic carbocycles. The molecule has 0 fully saturated rings. The molecule has 1 atom stereocenters. The van der Waals surface area contributed by atoms with Crippen molar-refractivity contribution in [3.63, 3.8) is 0 Å². The summed E-state index contributed by atoms with van der Waals surface area (Å²) in [6, 6.07) is 11.5. The Bertz CT molecular complexity index is 555. The zero-order valence-electron chi connectivity index (χ0n) is 10.1. The molecule has 0 aromatic heterocycles. The molecule has 0 radical (unpaired) electrons. The van der Waals surface area contributed by atoms with E-state index in [0.717, 1.165) is 12.5 Å². The Morgan fingerprint density at radius 2 is 1.84 bits per heavy atom. The quantitative estimate of drug-likeness (QED) is 0.837. The molecule has 1 nitrogen and oxygen atoms in total. The fourth-order valence-corrected chi connectivity index (χ4v) is 3.37. The summed E-state index contributed by atoms with van der Waals surface area (Å²) < 4.78 is 31.5. The molecule has 0 bridgehead atoms. The minimum atomic E-state index is -0.614. The van der Waals surface area contributed by atoms with E-state index in [9.17, 15) is 8.78 Å². The second-order valence-corrected chi connectivity index (χ2v) is 5.81. The highest BCUT2D eigenvalue weighted by molar-refractivity contribution is 8.00. The highest BCUT2D eigenvalue weighted by atomic mass is 32.2. The predicted molar refractivity (Wildman–Crippen MR) is 71.6 cm³/mol. The molecular formula is C15H12F2OS. The number of ether oxygens (including phenoxy) is 1. The van der Waals surface area contributed by atoms with Gasteiger partial charge in [-0.05, 0) is 18.1 Å². The molecule has 19 heavy (non-hydrogen) atoms. The van der Waals surface area contributed by atoms with Gasteiger partial charge in [-0.15, -0.1) is 11.8 Å². The van der Waals surface area contributed by atoms with Gasteiger partial charge in [0.25, 0.3) is 0 Å². The standard InChI is InChI=1S/C15H12F2OS/c16-11-6-12(17)8-13(7-11)18-9-14-5-10-3-1-2-4-15(10)19-14/h1-4,6-8,14H,5,9H2. The van der Waals surface area contributed by atoms with Crippen LogP contribution in [-0.4, -0.2) is 11.9 Å². The molecule has 0 amide bonds. The first kappa shape index (κ1) is 12.5. The molecule has 2 aromatic carbocycles. The number of hydrogen-bond donors (Lipinski definition) is 0. The highest BCUT2D eigenvalue weighted by Crippen LogP contribution is 2.36. The molecule has 1 unspecified atom stereocenters. The van der Waals surface area contributed by atoms with Crippen molar-refractivity contribution in [3.05, 3.63) is 59.7 Å². The molecule has 1 heterocycles. The van der Waals surface area contributed by atoms with Gasteiger partial charge in [-0.25, -0.2) is 8.78 Å². The van der Waals surface area contributed by atoms with Gasteiger partial charge in [0.15, 0.2) is 0 Å². The summed E-state index contributed by atoms with van der Waals surface area (Å²) in [6.07, 6.45) is 0.929. The Morgan fingerprint density at radius 1 is 1.11 bits per heavy atom. The van der Waals surface area contributed by atoms with Crippen molar-refractivity contribution < 1.29 is 13.5 Å². The van der Waals surface area contributed by atoms with E-state index < -0.39 is 11.6 Å². The van der Waals surface area contributed by atoms with Gasteiger partial charge < -0.3 is 4.74 Å². The Morgan fingerprint density at radius 3 is 2.58 bits per heavy atom. The smallest absolute Gasteiger partial charge is 0.129 e. The van der Waals surface area contributed by atoms with Crippen LogP contribution in [0, 0.1) is 11.6 Å². The third-order valence-electron chi connectivity index (χ3n) is 2.99. The normalized spacial score (nSPS) is 17.3. The van der Waals surface area contributed by atoms with E-state index in [2.05, 4.69) is 12.1 Å². The lowest BCUT2D eigenvalue weighted by atomic mass is 10.1. The van der Waals surface area contributed by atoms with E-state index in [1.165, 1.54) is 22.6 Å². The number of hydrogen-bond acceptors (Lipinski definition) is 2. The van der Waals surface area contributed by atoms with Crippen LogP contribution in [0.5, 0.6) is 5.75 Å². The number of fused-ring (bicyclic) bond motifs is 1. The van der Waals surface area contributed by atoms with Gasteiger partial charge in [0, 0.05) is 28.3 Å². The highest BCUT2D eigenvalue weighted by Gasteiger charge is 2.22. The van der Waals surface area contributed by atoms with Gasteiger partial charge in [0.1, 0.15) is 24.0 Å². The Labute approximate surface area is 114 Å². The van der Waals surface area contributed by atoms with E-state index in [1.54, 1.807) is 11.8 Å². The molecule has 4 heteroatoms. The maximum Gasteiger partial charge on any atom is 0.129 e. The minimum absolute atomic E-state index is 0.244. The SMILES string of the molecule is Fc1cc(F)cc(OCC2Cc3ccccc3S2)c1. The lowest BCUT2D eigenvalue weighted by Crippen LogP contribution is -2.13. The van der Waals surface area contributed by atoms with Crippen molar-refractivity contribution in [2.75, 3.05) is 6.61 Å². The van der Waals surface area contributed by atoms with E-state index in [4.69, 9.17) is 4.74 Å². The van der Waals surface area contributed by atoms with E-state index in [1.807, 2.05) is 12.1 Å². The molecule has 1 aliphatic heterocycles. The van der Waals surface area contributed by atoms with Crippen LogP contribution >= 0.6 is 11.8 Å². The van der Waals surface area contributed by atoms with Crippen molar-refractivity contribution in [2.24, 2.45) is 0 Å². The number of rotatable bonds is 3. The summed E-state index contributed by atoms with van der Waals surface area (Å²) in [5.41, 5.74) is 1.31. The first-order valence-corrected chi connectivity index (χ1v) is 6.92. The molecule has 0 N–H and O–H groups in total. The average molecular weight is 278 g/mol. The minimum Gasteiger partial charge on any atom is -0.492 e. The molecule has 3 rings (SSSR count).